The molecular formula is C11H15NOS. The van der Waals surface area contributed by atoms with Crippen molar-refractivity contribution in [3.8, 4) is 5.75 Å². The number of hydrogen-bond donors (Lipinski definition) is 0. The van der Waals surface area contributed by atoms with Gasteiger partial charge in [-0.05, 0) is 37.1 Å². The number of aromatic nitrogens is 1. The van der Waals surface area contributed by atoms with Crippen LogP contribution >= 0.6 is 11.8 Å². The van der Waals surface area contributed by atoms with Gasteiger partial charge in [0.1, 0.15) is 5.75 Å². The largest absolute Gasteiger partial charge is 0.489 e. The number of hydrogen-bond acceptors (Lipinski definition) is 3. The third kappa shape index (κ3) is 2.21. The first-order valence-corrected chi connectivity index (χ1v) is 6.25. The fraction of sp³-hybridized carbons (Fsp3) is 0.545. The van der Waals surface area contributed by atoms with Crippen LogP contribution in [0.5, 0.6) is 5.75 Å². The molecule has 0 spiro atoms. The van der Waals surface area contributed by atoms with Crippen LogP contribution in [-0.2, 0) is 6.42 Å². The van der Waals surface area contributed by atoms with E-state index >= 15 is 0 Å². The van der Waals surface area contributed by atoms with Crippen LogP contribution in [0.25, 0.3) is 0 Å². The van der Waals surface area contributed by atoms with Crippen LogP contribution in [0.15, 0.2) is 17.3 Å². The molecule has 0 aromatic carbocycles. The Morgan fingerprint density at radius 2 is 2.36 bits per heavy atom. The average Bonchev–Trinajstić information content (AvgIpc) is 3.01. The van der Waals surface area contributed by atoms with Crippen LogP contribution in [0.3, 0.4) is 0 Å². The maximum atomic E-state index is 5.70. The van der Waals surface area contributed by atoms with Crippen molar-refractivity contribution >= 4 is 11.8 Å². The molecule has 1 aromatic rings. The molecule has 0 radical (unpaired) electrons. The first-order valence-electron chi connectivity index (χ1n) is 5.03. The highest BCUT2D eigenvalue weighted by molar-refractivity contribution is 7.98. The molecule has 76 valence electrons. The van der Waals surface area contributed by atoms with Crippen LogP contribution in [0.4, 0.5) is 0 Å². The fourth-order valence-electron chi connectivity index (χ4n) is 1.36. The third-order valence-electron chi connectivity index (χ3n) is 2.30. The van der Waals surface area contributed by atoms with Gasteiger partial charge in [0.05, 0.1) is 17.3 Å². The van der Waals surface area contributed by atoms with Gasteiger partial charge < -0.3 is 4.74 Å². The van der Waals surface area contributed by atoms with E-state index in [1.54, 1.807) is 11.8 Å². The molecule has 1 heterocycles. The van der Waals surface area contributed by atoms with Gasteiger partial charge in [-0.25, -0.2) is 4.98 Å². The lowest BCUT2D eigenvalue weighted by atomic mass is 10.2. The van der Waals surface area contributed by atoms with Crippen molar-refractivity contribution < 1.29 is 4.74 Å². The molecule has 0 atom stereocenters. The summed E-state index contributed by atoms with van der Waals surface area (Å²) in [5.74, 6) is 0.933. The Labute approximate surface area is 89.1 Å². The minimum absolute atomic E-state index is 0.460. The summed E-state index contributed by atoms with van der Waals surface area (Å²) >= 11 is 1.70. The summed E-state index contributed by atoms with van der Waals surface area (Å²) < 4.78 is 5.70. The van der Waals surface area contributed by atoms with E-state index < -0.39 is 0 Å². The Bertz CT molecular complexity index is 323. The molecule has 2 rings (SSSR count). The molecule has 0 N–H and O–H groups in total. The van der Waals surface area contributed by atoms with Crippen LogP contribution in [-0.4, -0.2) is 17.3 Å². The van der Waals surface area contributed by atoms with Crippen LogP contribution < -0.4 is 4.74 Å². The topological polar surface area (TPSA) is 22.1 Å². The van der Waals surface area contributed by atoms with E-state index in [-0.39, 0.29) is 0 Å². The second-order valence-electron chi connectivity index (χ2n) is 3.51. The molecule has 0 saturated heterocycles. The zero-order chi connectivity index (χ0) is 9.97. The molecule has 1 aromatic heterocycles. The molecule has 0 bridgehead atoms. The highest BCUT2D eigenvalue weighted by Crippen LogP contribution is 2.28. The molecule has 14 heavy (non-hydrogen) atoms. The lowest BCUT2D eigenvalue weighted by Crippen LogP contribution is -1.98. The molecule has 1 saturated carbocycles. The quantitative estimate of drug-likeness (QED) is 0.712. The average molecular weight is 209 g/mol. The van der Waals surface area contributed by atoms with E-state index in [2.05, 4.69) is 24.2 Å². The number of pyridine rings is 1. The predicted octanol–water partition coefficient (Wildman–Crippen LogP) is 2.91. The lowest BCUT2D eigenvalue weighted by molar-refractivity contribution is 0.301. The standard InChI is InChI=1S/C11H15NOS/c1-3-8-6-10(13-9-4-5-9)7-12-11(8)14-2/h6-7,9H,3-5H2,1-2H3. The van der Waals surface area contributed by atoms with E-state index in [0.29, 0.717) is 6.10 Å². The Balaban J connectivity index is 2.16. The summed E-state index contributed by atoms with van der Waals surface area (Å²) in [6, 6.07) is 2.12. The summed E-state index contributed by atoms with van der Waals surface area (Å²) in [5, 5.41) is 1.12. The molecule has 0 amide bonds. The summed E-state index contributed by atoms with van der Waals surface area (Å²) in [7, 11) is 0. The van der Waals surface area contributed by atoms with Crippen molar-refractivity contribution in [3.05, 3.63) is 17.8 Å². The summed E-state index contributed by atoms with van der Waals surface area (Å²) in [6.45, 7) is 2.15. The van der Waals surface area contributed by atoms with Gasteiger partial charge in [0, 0.05) is 0 Å². The van der Waals surface area contributed by atoms with Gasteiger partial charge in [0.2, 0.25) is 0 Å². The van der Waals surface area contributed by atoms with Gasteiger partial charge in [0.15, 0.2) is 0 Å². The second-order valence-corrected chi connectivity index (χ2v) is 4.31. The normalized spacial score (nSPS) is 15.6. The maximum absolute atomic E-state index is 5.70. The number of aryl methyl sites for hydroxylation is 1. The van der Waals surface area contributed by atoms with Crippen molar-refractivity contribution in [2.75, 3.05) is 6.26 Å². The third-order valence-corrected chi connectivity index (χ3v) is 3.06. The van der Waals surface area contributed by atoms with Crippen molar-refractivity contribution in [1.82, 2.24) is 4.98 Å². The predicted molar refractivity (Wildman–Crippen MR) is 59.0 cm³/mol. The van der Waals surface area contributed by atoms with Crippen LogP contribution in [0.2, 0.25) is 0 Å². The molecule has 0 unspecified atom stereocenters. The molecule has 3 heteroatoms. The first-order chi connectivity index (χ1) is 6.83. The molecule has 2 nitrogen and oxygen atoms in total. The molecule has 0 aliphatic heterocycles. The van der Waals surface area contributed by atoms with Crippen molar-refractivity contribution in [3.63, 3.8) is 0 Å². The molecular weight excluding hydrogens is 194 g/mol. The first kappa shape index (κ1) is 9.84. The van der Waals surface area contributed by atoms with E-state index in [4.69, 9.17) is 4.74 Å². The monoisotopic (exact) mass is 209 g/mol. The van der Waals surface area contributed by atoms with Gasteiger partial charge >= 0.3 is 0 Å². The lowest BCUT2D eigenvalue weighted by Gasteiger charge is -2.08. The zero-order valence-corrected chi connectivity index (χ0v) is 9.43. The Hall–Kier alpha value is -0.700. The van der Waals surface area contributed by atoms with Gasteiger partial charge in [-0.3, -0.25) is 0 Å². The van der Waals surface area contributed by atoms with Crippen LogP contribution in [0.1, 0.15) is 25.3 Å². The highest BCUT2D eigenvalue weighted by atomic mass is 32.2. The fourth-order valence-corrected chi connectivity index (χ4v) is 1.98. The van der Waals surface area contributed by atoms with E-state index in [9.17, 15) is 0 Å². The summed E-state index contributed by atoms with van der Waals surface area (Å²) in [6.07, 6.45) is 7.77. The van der Waals surface area contributed by atoms with E-state index in [1.165, 1.54) is 18.4 Å². The van der Waals surface area contributed by atoms with Crippen molar-refractivity contribution in [2.45, 2.75) is 37.3 Å². The smallest absolute Gasteiger partial charge is 0.138 e. The number of thioether (sulfide) groups is 1. The van der Waals surface area contributed by atoms with Crippen molar-refractivity contribution in [1.29, 1.82) is 0 Å². The SMILES string of the molecule is CCc1cc(OC2CC2)cnc1SC. The zero-order valence-electron chi connectivity index (χ0n) is 8.62. The van der Waals surface area contributed by atoms with Gasteiger partial charge in [-0.15, -0.1) is 11.8 Å². The summed E-state index contributed by atoms with van der Waals surface area (Å²) in [5.41, 5.74) is 1.29. The van der Waals surface area contributed by atoms with E-state index in [0.717, 1.165) is 17.2 Å². The number of rotatable bonds is 4. The Morgan fingerprint density at radius 1 is 1.57 bits per heavy atom. The van der Waals surface area contributed by atoms with E-state index in [1.807, 2.05) is 6.20 Å². The van der Waals surface area contributed by atoms with Crippen LogP contribution in [0, 0.1) is 0 Å². The second kappa shape index (κ2) is 4.22. The minimum atomic E-state index is 0.460. The highest BCUT2D eigenvalue weighted by Gasteiger charge is 2.23. The molecule has 1 fully saturated rings. The van der Waals surface area contributed by atoms with Crippen molar-refractivity contribution in [2.24, 2.45) is 0 Å². The van der Waals surface area contributed by atoms with Gasteiger partial charge in [-0.1, -0.05) is 6.92 Å². The summed E-state index contributed by atoms with van der Waals surface area (Å²) in [4.78, 5) is 4.39. The molecule has 1 aliphatic carbocycles. The number of nitrogens with zero attached hydrogens (tertiary/aromatic N) is 1. The Kier molecular flexibility index (Phi) is 2.96. The maximum Gasteiger partial charge on any atom is 0.138 e. The van der Waals surface area contributed by atoms with Gasteiger partial charge in [0.25, 0.3) is 0 Å². The minimum Gasteiger partial charge on any atom is -0.489 e. The van der Waals surface area contributed by atoms with Gasteiger partial charge in [-0.2, -0.15) is 0 Å². The Morgan fingerprint density at radius 3 is 2.93 bits per heavy atom. The number of ether oxygens (including phenoxy) is 1. The molecule has 1 aliphatic rings.